The predicted molar refractivity (Wildman–Crippen MR) is 91.4 cm³/mol. The SMILES string of the molecule is CC(S)C(C)C(=O)N(C)c1sc(-c2cccnc2)nc1Cl. The molecule has 0 radical (unpaired) electrons. The molecule has 0 saturated carbocycles. The fraction of sp³-hybridized carbons (Fsp3) is 0.357. The number of halogens is 1. The van der Waals surface area contributed by atoms with Crippen molar-refractivity contribution in [3.05, 3.63) is 29.7 Å². The molecule has 2 unspecified atom stereocenters. The predicted octanol–water partition coefficient (Wildman–Crippen LogP) is 3.78. The Balaban J connectivity index is 2.29. The second-order valence-corrected chi connectivity index (χ2v) is 6.93. The van der Waals surface area contributed by atoms with Gasteiger partial charge in [0.15, 0.2) is 5.15 Å². The van der Waals surface area contributed by atoms with Crippen LogP contribution in [0.1, 0.15) is 13.8 Å². The molecule has 112 valence electrons. The average molecular weight is 342 g/mol. The van der Waals surface area contributed by atoms with Crippen LogP contribution in [0, 0.1) is 5.92 Å². The molecule has 2 atom stereocenters. The van der Waals surface area contributed by atoms with Crippen LogP contribution < -0.4 is 4.90 Å². The summed E-state index contributed by atoms with van der Waals surface area (Å²) in [5.74, 6) is -0.223. The van der Waals surface area contributed by atoms with E-state index in [9.17, 15) is 4.79 Å². The summed E-state index contributed by atoms with van der Waals surface area (Å²) < 4.78 is 0. The molecular weight excluding hydrogens is 326 g/mol. The first-order valence-corrected chi connectivity index (χ1v) is 8.15. The van der Waals surface area contributed by atoms with Crippen LogP contribution in [0.25, 0.3) is 10.6 Å². The van der Waals surface area contributed by atoms with Crippen molar-refractivity contribution in [2.45, 2.75) is 19.1 Å². The Morgan fingerprint density at radius 1 is 1.48 bits per heavy atom. The van der Waals surface area contributed by atoms with Crippen LogP contribution in [0.15, 0.2) is 24.5 Å². The number of carbonyl (C=O) groups excluding carboxylic acids is 1. The molecule has 0 bridgehead atoms. The molecule has 0 aliphatic heterocycles. The van der Waals surface area contributed by atoms with Crippen molar-refractivity contribution >= 4 is 46.5 Å². The van der Waals surface area contributed by atoms with Gasteiger partial charge in [-0.3, -0.25) is 9.78 Å². The Kier molecular flexibility index (Phi) is 5.24. The largest absolute Gasteiger partial charge is 0.304 e. The molecule has 2 rings (SSSR count). The summed E-state index contributed by atoms with van der Waals surface area (Å²) in [5, 5.41) is 1.69. The maximum Gasteiger partial charge on any atom is 0.231 e. The molecule has 0 fully saturated rings. The molecule has 2 aromatic heterocycles. The zero-order chi connectivity index (χ0) is 15.6. The van der Waals surface area contributed by atoms with E-state index in [0.717, 1.165) is 10.6 Å². The average Bonchev–Trinajstić information content (AvgIpc) is 2.87. The summed E-state index contributed by atoms with van der Waals surface area (Å²) in [7, 11) is 1.71. The van der Waals surface area contributed by atoms with Crippen LogP contribution in [0.2, 0.25) is 5.15 Å². The number of rotatable bonds is 4. The minimum absolute atomic E-state index is 0.0237. The van der Waals surface area contributed by atoms with E-state index in [-0.39, 0.29) is 17.1 Å². The van der Waals surface area contributed by atoms with Crippen molar-refractivity contribution in [1.29, 1.82) is 0 Å². The van der Waals surface area contributed by atoms with Crippen LogP contribution in [-0.2, 0) is 4.79 Å². The standard InChI is InChI=1S/C14H16ClN3OS2/c1-8(9(2)20)13(19)18(3)14-11(15)17-12(21-14)10-5-4-6-16-7-10/h4-9,20H,1-3H3. The highest BCUT2D eigenvalue weighted by Crippen LogP contribution is 2.37. The summed E-state index contributed by atoms with van der Waals surface area (Å²) in [6.07, 6.45) is 3.42. The van der Waals surface area contributed by atoms with Gasteiger partial charge in [0.25, 0.3) is 0 Å². The Hall–Kier alpha value is -1.11. The van der Waals surface area contributed by atoms with Gasteiger partial charge in [0.05, 0.1) is 0 Å². The van der Waals surface area contributed by atoms with Crippen LogP contribution in [0.4, 0.5) is 5.00 Å². The number of thiol groups is 1. The Morgan fingerprint density at radius 2 is 2.19 bits per heavy atom. The summed E-state index contributed by atoms with van der Waals surface area (Å²) in [6, 6.07) is 3.75. The van der Waals surface area contributed by atoms with E-state index in [4.69, 9.17) is 11.6 Å². The number of aromatic nitrogens is 2. The summed E-state index contributed by atoms with van der Waals surface area (Å²) in [4.78, 5) is 22.3. The van der Waals surface area contributed by atoms with Crippen LogP contribution in [-0.4, -0.2) is 28.2 Å². The fourth-order valence-electron chi connectivity index (χ4n) is 1.72. The van der Waals surface area contributed by atoms with Crippen molar-refractivity contribution in [3.63, 3.8) is 0 Å². The Labute approximate surface area is 138 Å². The van der Waals surface area contributed by atoms with Crippen LogP contribution in [0.5, 0.6) is 0 Å². The third kappa shape index (κ3) is 3.56. The zero-order valence-corrected chi connectivity index (χ0v) is 14.4. The molecular formula is C14H16ClN3OS2. The molecule has 0 N–H and O–H groups in total. The van der Waals surface area contributed by atoms with Crippen molar-refractivity contribution in [1.82, 2.24) is 9.97 Å². The second-order valence-electron chi connectivity index (χ2n) is 4.78. The first-order valence-electron chi connectivity index (χ1n) is 6.44. The van der Waals surface area contributed by atoms with Gasteiger partial charge in [-0.15, -0.1) is 0 Å². The molecule has 0 saturated heterocycles. The third-order valence-electron chi connectivity index (χ3n) is 3.23. The molecule has 0 aromatic carbocycles. The number of hydrogen-bond acceptors (Lipinski definition) is 5. The first kappa shape index (κ1) is 16.3. The van der Waals surface area contributed by atoms with Crippen molar-refractivity contribution in [2.75, 3.05) is 11.9 Å². The number of anilines is 1. The lowest BCUT2D eigenvalue weighted by Crippen LogP contribution is -2.34. The van der Waals surface area contributed by atoms with E-state index in [1.807, 2.05) is 26.0 Å². The van der Waals surface area contributed by atoms with Crippen molar-refractivity contribution < 1.29 is 4.79 Å². The van der Waals surface area contributed by atoms with Gasteiger partial charge in [0.2, 0.25) is 5.91 Å². The van der Waals surface area contributed by atoms with Gasteiger partial charge in [-0.1, -0.05) is 36.8 Å². The Morgan fingerprint density at radius 3 is 2.76 bits per heavy atom. The molecule has 2 heterocycles. The highest BCUT2D eigenvalue weighted by Gasteiger charge is 2.25. The highest BCUT2D eigenvalue weighted by atomic mass is 35.5. The summed E-state index contributed by atoms with van der Waals surface area (Å²) >= 11 is 11.9. The molecule has 2 aromatic rings. The lowest BCUT2D eigenvalue weighted by atomic mass is 10.1. The van der Waals surface area contributed by atoms with E-state index in [1.165, 1.54) is 11.3 Å². The van der Waals surface area contributed by atoms with Gasteiger partial charge < -0.3 is 4.90 Å². The van der Waals surface area contributed by atoms with E-state index < -0.39 is 0 Å². The molecule has 1 amide bonds. The number of carbonyl (C=O) groups is 1. The molecule has 0 spiro atoms. The molecule has 4 nitrogen and oxygen atoms in total. The van der Waals surface area contributed by atoms with E-state index in [1.54, 1.807) is 24.3 Å². The lowest BCUT2D eigenvalue weighted by molar-refractivity contribution is -0.121. The summed E-state index contributed by atoms with van der Waals surface area (Å²) in [5.41, 5.74) is 0.882. The summed E-state index contributed by atoms with van der Waals surface area (Å²) in [6.45, 7) is 3.75. The molecule has 7 heteroatoms. The van der Waals surface area contributed by atoms with Crippen molar-refractivity contribution in [3.8, 4) is 10.6 Å². The van der Waals surface area contributed by atoms with E-state index >= 15 is 0 Å². The highest BCUT2D eigenvalue weighted by molar-refractivity contribution is 7.81. The minimum Gasteiger partial charge on any atom is -0.304 e. The number of hydrogen-bond donors (Lipinski definition) is 1. The second kappa shape index (κ2) is 6.77. The van der Waals surface area contributed by atoms with Gasteiger partial charge in [0, 0.05) is 36.2 Å². The Bertz CT molecular complexity index is 630. The van der Waals surface area contributed by atoms with E-state index in [0.29, 0.717) is 10.2 Å². The molecule has 0 aliphatic carbocycles. The topological polar surface area (TPSA) is 46.1 Å². The van der Waals surface area contributed by atoms with Crippen LogP contribution in [0.3, 0.4) is 0 Å². The third-order valence-corrected chi connectivity index (χ3v) is 5.23. The first-order chi connectivity index (χ1) is 9.91. The van der Waals surface area contributed by atoms with Gasteiger partial charge >= 0.3 is 0 Å². The van der Waals surface area contributed by atoms with Gasteiger partial charge in [-0.25, -0.2) is 4.98 Å². The van der Waals surface area contributed by atoms with Crippen molar-refractivity contribution in [2.24, 2.45) is 5.92 Å². The van der Waals surface area contributed by atoms with E-state index in [2.05, 4.69) is 22.6 Å². The van der Waals surface area contributed by atoms with Gasteiger partial charge in [-0.2, -0.15) is 12.6 Å². The molecule has 0 aliphatic rings. The number of nitrogens with zero attached hydrogens (tertiary/aromatic N) is 3. The normalized spacial score (nSPS) is 13.8. The maximum absolute atomic E-state index is 12.4. The molecule has 21 heavy (non-hydrogen) atoms. The maximum atomic E-state index is 12.4. The van der Waals surface area contributed by atoms with Gasteiger partial charge in [-0.05, 0) is 12.1 Å². The number of pyridine rings is 1. The van der Waals surface area contributed by atoms with Crippen LogP contribution >= 0.6 is 35.6 Å². The number of amides is 1. The monoisotopic (exact) mass is 341 g/mol. The zero-order valence-electron chi connectivity index (χ0n) is 11.9. The smallest absolute Gasteiger partial charge is 0.231 e. The number of thiazole rings is 1. The van der Waals surface area contributed by atoms with Gasteiger partial charge in [0.1, 0.15) is 10.0 Å². The quantitative estimate of drug-likeness (QED) is 0.861. The lowest BCUT2D eigenvalue weighted by Gasteiger charge is -2.21. The minimum atomic E-state index is -0.196. The fourth-order valence-corrected chi connectivity index (χ4v) is 3.15.